The van der Waals surface area contributed by atoms with E-state index in [1.807, 2.05) is 4.90 Å². The minimum atomic E-state index is -0.445. The van der Waals surface area contributed by atoms with E-state index in [0.717, 1.165) is 25.7 Å². The van der Waals surface area contributed by atoms with Gasteiger partial charge in [0.15, 0.2) is 0 Å². The van der Waals surface area contributed by atoms with Crippen LogP contribution in [0, 0.1) is 10.1 Å². The van der Waals surface area contributed by atoms with Gasteiger partial charge in [-0.3, -0.25) is 19.7 Å². The number of carbonyl (C=O) groups is 2. The lowest BCUT2D eigenvalue weighted by molar-refractivity contribution is -0.384. The average Bonchev–Trinajstić information content (AvgIpc) is 3.14. The number of benzene rings is 1. The fourth-order valence-corrected chi connectivity index (χ4v) is 3.68. The number of nitro groups is 1. The molecule has 8 heteroatoms. The van der Waals surface area contributed by atoms with E-state index in [1.54, 1.807) is 17.0 Å². The predicted molar refractivity (Wildman–Crippen MR) is 97.3 cm³/mol. The average molecular weight is 360 g/mol. The summed E-state index contributed by atoms with van der Waals surface area (Å²) in [6.45, 7) is 3.67. The summed E-state index contributed by atoms with van der Waals surface area (Å²) < 4.78 is 0. The minimum Gasteiger partial charge on any atom is -0.362 e. The molecule has 1 saturated carbocycles. The summed E-state index contributed by atoms with van der Waals surface area (Å²) >= 11 is 0. The number of hydrogen-bond donors (Lipinski definition) is 1. The van der Waals surface area contributed by atoms with Gasteiger partial charge in [-0.25, -0.2) is 0 Å². The summed E-state index contributed by atoms with van der Waals surface area (Å²) in [4.78, 5) is 38.5. The third-order valence-corrected chi connectivity index (χ3v) is 5.19. The normalized spacial score (nSPS) is 18.0. The van der Waals surface area contributed by atoms with Crippen molar-refractivity contribution in [3.05, 3.63) is 33.9 Å². The second-order valence-corrected chi connectivity index (χ2v) is 6.91. The number of amides is 2. The van der Waals surface area contributed by atoms with E-state index in [0.29, 0.717) is 37.4 Å². The summed E-state index contributed by atoms with van der Waals surface area (Å²) in [5.41, 5.74) is 0.741. The third-order valence-electron chi connectivity index (χ3n) is 5.19. The van der Waals surface area contributed by atoms with E-state index in [9.17, 15) is 19.7 Å². The smallest absolute Gasteiger partial charge is 0.293 e. The maximum Gasteiger partial charge on any atom is 0.293 e. The lowest BCUT2D eigenvalue weighted by Gasteiger charge is -2.35. The Morgan fingerprint density at radius 2 is 1.81 bits per heavy atom. The molecule has 26 heavy (non-hydrogen) atoms. The van der Waals surface area contributed by atoms with Crippen LogP contribution in [0.1, 0.15) is 43.0 Å². The Balaban J connectivity index is 1.75. The van der Waals surface area contributed by atoms with E-state index in [-0.39, 0.29) is 23.5 Å². The van der Waals surface area contributed by atoms with Crippen LogP contribution < -0.4 is 10.2 Å². The highest BCUT2D eigenvalue weighted by Crippen LogP contribution is 2.30. The van der Waals surface area contributed by atoms with Crippen LogP contribution in [0.3, 0.4) is 0 Å². The van der Waals surface area contributed by atoms with Gasteiger partial charge in [0, 0.05) is 50.8 Å². The summed E-state index contributed by atoms with van der Waals surface area (Å²) in [7, 11) is 0. The summed E-state index contributed by atoms with van der Waals surface area (Å²) in [6, 6.07) is 4.81. The number of nitrogens with zero attached hydrogens (tertiary/aromatic N) is 3. The highest BCUT2D eigenvalue weighted by molar-refractivity contribution is 5.96. The molecule has 140 valence electrons. The van der Waals surface area contributed by atoms with E-state index in [4.69, 9.17) is 0 Å². The van der Waals surface area contributed by atoms with Crippen molar-refractivity contribution in [1.82, 2.24) is 10.2 Å². The zero-order chi connectivity index (χ0) is 18.7. The Kier molecular flexibility index (Phi) is 5.39. The predicted octanol–water partition coefficient (Wildman–Crippen LogP) is 1.94. The molecule has 0 atom stereocenters. The van der Waals surface area contributed by atoms with E-state index in [2.05, 4.69) is 5.32 Å². The first kappa shape index (κ1) is 18.2. The molecule has 0 aromatic heterocycles. The van der Waals surface area contributed by atoms with E-state index in [1.165, 1.54) is 13.0 Å². The Hall–Kier alpha value is -2.64. The molecule has 0 bridgehead atoms. The SMILES string of the molecule is CC(=O)N1CCN(c2ccc(C(=O)NC3CCCC3)cc2[N+](=O)[O-])CC1. The van der Waals surface area contributed by atoms with E-state index < -0.39 is 4.92 Å². The van der Waals surface area contributed by atoms with Crippen molar-refractivity contribution in [1.29, 1.82) is 0 Å². The molecule has 1 saturated heterocycles. The summed E-state index contributed by atoms with van der Waals surface area (Å²) in [5, 5.41) is 14.5. The van der Waals surface area contributed by atoms with Crippen molar-refractivity contribution in [3.63, 3.8) is 0 Å². The van der Waals surface area contributed by atoms with Crippen molar-refractivity contribution in [2.45, 2.75) is 38.6 Å². The molecular weight excluding hydrogens is 336 g/mol. The Morgan fingerprint density at radius 1 is 1.15 bits per heavy atom. The molecule has 1 aromatic carbocycles. The molecule has 0 spiro atoms. The lowest BCUT2D eigenvalue weighted by Crippen LogP contribution is -2.48. The summed E-state index contributed by atoms with van der Waals surface area (Å²) in [6.07, 6.45) is 4.14. The highest BCUT2D eigenvalue weighted by Gasteiger charge is 2.26. The molecule has 3 rings (SSSR count). The van der Waals surface area contributed by atoms with Gasteiger partial charge in [-0.15, -0.1) is 0 Å². The van der Waals surface area contributed by atoms with Crippen LogP contribution in [0.4, 0.5) is 11.4 Å². The maximum absolute atomic E-state index is 12.4. The first-order valence-corrected chi connectivity index (χ1v) is 9.05. The molecule has 1 aliphatic heterocycles. The van der Waals surface area contributed by atoms with Gasteiger partial charge >= 0.3 is 0 Å². The lowest BCUT2D eigenvalue weighted by atomic mass is 10.1. The number of anilines is 1. The number of rotatable bonds is 4. The zero-order valence-corrected chi connectivity index (χ0v) is 14.9. The number of carbonyl (C=O) groups excluding carboxylic acids is 2. The van der Waals surface area contributed by atoms with Gasteiger partial charge in [0.1, 0.15) is 5.69 Å². The van der Waals surface area contributed by atoms with Crippen LogP contribution in [-0.4, -0.2) is 53.9 Å². The minimum absolute atomic E-state index is 0.0121. The maximum atomic E-state index is 12.4. The van der Waals surface area contributed by atoms with Crippen molar-refractivity contribution < 1.29 is 14.5 Å². The molecule has 1 heterocycles. The fraction of sp³-hybridized carbons (Fsp3) is 0.556. The standard InChI is InChI=1S/C18H24N4O4/c1-13(23)20-8-10-21(11-9-20)16-7-6-14(12-17(16)22(25)26)18(24)19-15-4-2-3-5-15/h6-7,12,15H,2-5,8-11H2,1H3,(H,19,24). The zero-order valence-electron chi connectivity index (χ0n) is 14.9. The molecule has 0 radical (unpaired) electrons. The number of hydrogen-bond acceptors (Lipinski definition) is 5. The van der Waals surface area contributed by atoms with Crippen LogP contribution in [0.5, 0.6) is 0 Å². The topological polar surface area (TPSA) is 95.8 Å². The molecule has 2 amide bonds. The largest absolute Gasteiger partial charge is 0.362 e. The Bertz CT molecular complexity index is 707. The van der Waals surface area contributed by atoms with Crippen LogP contribution in [0.25, 0.3) is 0 Å². The van der Waals surface area contributed by atoms with Crippen molar-refractivity contribution in [2.75, 3.05) is 31.1 Å². The Labute approximate surface area is 152 Å². The third kappa shape index (κ3) is 3.95. The highest BCUT2D eigenvalue weighted by atomic mass is 16.6. The fourth-order valence-electron chi connectivity index (χ4n) is 3.68. The molecule has 2 fully saturated rings. The van der Waals surface area contributed by atoms with Gasteiger partial charge < -0.3 is 15.1 Å². The monoisotopic (exact) mass is 360 g/mol. The van der Waals surface area contributed by atoms with Gasteiger partial charge in [-0.1, -0.05) is 12.8 Å². The van der Waals surface area contributed by atoms with Crippen LogP contribution in [0.2, 0.25) is 0 Å². The second-order valence-electron chi connectivity index (χ2n) is 6.91. The Morgan fingerprint density at radius 3 is 2.38 bits per heavy atom. The number of piperazine rings is 1. The van der Waals surface area contributed by atoms with Crippen LogP contribution in [0.15, 0.2) is 18.2 Å². The van der Waals surface area contributed by atoms with Gasteiger partial charge in [0.2, 0.25) is 5.91 Å². The summed E-state index contributed by atoms with van der Waals surface area (Å²) in [5.74, 6) is -0.244. The van der Waals surface area contributed by atoms with Crippen LogP contribution >= 0.6 is 0 Å². The first-order valence-electron chi connectivity index (χ1n) is 9.05. The van der Waals surface area contributed by atoms with E-state index >= 15 is 0 Å². The molecule has 8 nitrogen and oxygen atoms in total. The number of nitro benzene ring substituents is 1. The molecular formula is C18H24N4O4. The molecule has 1 aliphatic carbocycles. The molecule has 1 N–H and O–H groups in total. The quantitative estimate of drug-likeness (QED) is 0.654. The molecule has 1 aromatic rings. The molecule has 0 unspecified atom stereocenters. The molecule has 2 aliphatic rings. The van der Waals surface area contributed by atoms with Gasteiger partial charge in [-0.05, 0) is 25.0 Å². The van der Waals surface area contributed by atoms with Crippen molar-refractivity contribution in [3.8, 4) is 0 Å². The second kappa shape index (κ2) is 7.72. The van der Waals surface area contributed by atoms with Gasteiger partial charge in [0.05, 0.1) is 4.92 Å². The first-order chi connectivity index (χ1) is 12.5. The van der Waals surface area contributed by atoms with Crippen LogP contribution in [-0.2, 0) is 4.79 Å². The van der Waals surface area contributed by atoms with Gasteiger partial charge in [-0.2, -0.15) is 0 Å². The van der Waals surface area contributed by atoms with Crippen molar-refractivity contribution >= 4 is 23.2 Å². The van der Waals surface area contributed by atoms with Crippen molar-refractivity contribution in [2.24, 2.45) is 0 Å². The van der Waals surface area contributed by atoms with Gasteiger partial charge in [0.25, 0.3) is 11.6 Å². The number of nitrogens with one attached hydrogen (secondary N) is 1.